The molecule has 0 bridgehead atoms. The minimum absolute atomic E-state index is 0.242. The SMILES string of the molecule is COc1ccc(-c2ccc(-c3ccc(C(=O)O)cc3)s2)c(F)c1. The fraction of sp³-hybridized carbons (Fsp3) is 0.0556. The molecule has 0 spiro atoms. The first-order valence-corrected chi connectivity index (χ1v) is 7.67. The Morgan fingerprint density at radius 2 is 1.74 bits per heavy atom. The van der Waals surface area contributed by atoms with Crippen LogP contribution in [0.25, 0.3) is 20.9 Å². The number of hydrogen-bond acceptors (Lipinski definition) is 3. The van der Waals surface area contributed by atoms with Crippen LogP contribution < -0.4 is 4.74 Å². The molecule has 0 unspecified atom stereocenters. The first-order chi connectivity index (χ1) is 11.1. The Morgan fingerprint density at radius 1 is 1.04 bits per heavy atom. The van der Waals surface area contributed by atoms with Crippen LogP contribution in [0.5, 0.6) is 5.75 Å². The number of hydrogen-bond donors (Lipinski definition) is 1. The zero-order valence-electron chi connectivity index (χ0n) is 12.2. The largest absolute Gasteiger partial charge is 0.497 e. The second-order valence-corrected chi connectivity index (χ2v) is 5.98. The zero-order chi connectivity index (χ0) is 16.4. The van der Waals surface area contributed by atoms with E-state index in [9.17, 15) is 9.18 Å². The highest BCUT2D eigenvalue weighted by atomic mass is 32.1. The van der Waals surface area contributed by atoms with Gasteiger partial charge in [0.1, 0.15) is 11.6 Å². The molecule has 0 fully saturated rings. The van der Waals surface area contributed by atoms with E-state index in [2.05, 4.69) is 0 Å². The Bertz CT molecular complexity index is 853. The number of aromatic carboxylic acids is 1. The van der Waals surface area contributed by atoms with E-state index in [-0.39, 0.29) is 11.4 Å². The average molecular weight is 328 g/mol. The lowest BCUT2D eigenvalue weighted by Crippen LogP contribution is -1.94. The van der Waals surface area contributed by atoms with Crippen LogP contribution in [0, 0.1) is 5.82 Å². The lowest BCUT2D eigenvalue weighted by atomic mass is 10.1. The Balaban J connectivity index is 1.92. The normalized spacial score (nSPS) is 10.5. The second-order valence-electron chi connectivity index (χ2n) is 4.89. The van der Waals surface area contributed by atoms with E-state index in [1.54, 1.807) is 36.4 Å². The maximum Gasteiger partial charge on any atom is 0.335 e. The third-order valence-corrected chi connectivity index (χ3v) is 4.63. The molecule has 0 saturated heterocycles. The molecule has 1 heterocycles. The first kappa shape index (κ1) is 15.2. The maximum absolute atomic E-state index is 14.1. The molecule has 0 saturated carbocycles. The number of ether oxygens (including phenoxy) is 1. The van der Waals surface area contributed by atoms with Gasteiger partial charge < -0.3 is 9.84 Å². The third-order valence-electron chi connectivity index (χ3n) is 3.46. The molecule has 3 rings (SSSR count). The molecule has 23 heavy (non-hydrogen) atoms. The van der Waals surface area contributed by atoms with Crippen LogP contribution in [-0.2, 0) is 0 Å². The molecule has 1 aromatic heterocycles. The molecule has 0 aliphatic rings. The van der Waals surface area contributed by atoms with Crippen LogP contribution in [0.3, 0.4) is 0 Å². The zero-order valence-corrected chi connectivity index (χ0v) is 13.1. The minimum atomic E-state index is -0.955. The Kier molecular flexibility index (Phi) is 4.12. The lowest BCUT2D eigenvalue weighted by molar-refractivity contribution is 0.0697. The molecule has 1 N–H and O–H groups in total. The number of carbonyl (C=O) groups is 1. The summed E-state index contributed by atoms with van der Waals surface area (Å²) in [7, 11) is 1.50. The summed E-state index contributed by atoms with van der Waals surface area (Å²) in [6.45, 7) is 0. The fourth-order valence-corrected chi connectivity index (χ4v) is 3.28. The van der Waals surface area contributed by atoms with Gasteiger partial charge in [-0.1, -0.05) is 12.1 Å². The second kappa shape index (κ2) is 6.22. The minimum Gasteiger partial charge on any atom is -0.497 e. The van der Waals surface area contributed by atoms with Crippen molar-refractivity contribution in [3.05, 3.63) is 66.0 Å². The van der Waals surface area contributed by atoms with Gasteiger partial charge in [0.2, 0.25) is 0 Å². The van der Waals surface area contributed by atoms with Crippen molar-refractivity contribution in [3.63, 3.8) is 0 Å². The molecular weight excluding hydrogens is 315 g/mol. The molecule has 0 aliphatic carbocycles. The number of benzene rings is 2. The van der Waals surface area contributed by atoms with Gasteiger partial charge in [0.05, 0.1) is 12.7 Å². The molecule has 2 aromatic carbocycles. The summed E-state index contributed by atoms with van der Waals surface area (Å²) in [5, 5.41) is 8.92. The van der Waals surface area contributed by atoms with Crippen LogP contribution in [0.1, 0.15) is 10.4 Å². The standard InChI is InChI=1S/C18H13FO3S/c1-22-13-6-7-14(15(19)10-13)17-9-8-16(23-17)11-2-4-12(5-3-11)18(20)21/h2-10H,1H3,(H,20,21). The predicted molar refractivity (Wildman–Crippen MR) is 88.7 cm³/mol. The van der Waals surface area contributed by atoms with E-state index in [0.717, 1.165) is 15.3 Å². The summed E-state index contributed by atoms with van der Waals surface area (Å²) < 4.78 is 19.1. The summed E-state index contributed by atoms with van der Waals surface area (Å²) in [5.74, 6) is -0.810. The molecule has 5 heteroatoms. The molecule has 116 valence electrons. The molecule has 3 nitrogen and oxygen atoms in total. The number of carboxylic acid groups (broad SMARTS) is 1. The van der Waals surface area contributed by atoms with Crippen molar-refractivity contribution in [1.82, 2.24) is 0 Å². The van der Waals surface area contributed by atoms with Crippen molar-refractivity contribution in [1.29, 1.82) is 0 Å². The highest BCUT2D eigenvalue weighted by Gasteiger charge is 2.11. The highest BCUT2D eigenvalue weighted by molar-refractivity contribution is 7.18. The van der Waals surface area contributed by atoms with Gasteiger partial charge in [-0.2, -0.15) is 0 Å². The van der Waals surface area contributed by atoms with E-state index in [4.69, 9.17) is 9.84 Å². The summed E-state index contributed by atoms with van der Waals surface area (Å²) in [6, 6.07) is 15.2. The van der Waals surface area contributed by atoms with E-state index < -0.39 is 5.97 Å². The highest BCUT2D eigenvalue weighted by Crippen LogP contribution is 2.36. The Labute approximate surface area is 136 Å². The van der Waals surface area contributed by atoms with Gasteiger partial charge in [-0.05, 0) is 42.0 Å². The number of thiophene rings is 1. The van der Waals surface area contributed by atoms with Crippen LogP contribution in [0.2, 0.25) is 0 Å². The van der Waals surface area contributed by atoms with Crippen LogP contribution in [0.4, 0.5) is 4.39 Å². The smallest absolute Gasteiger partial charge is 0.335 e. The first-order valence-electron chi connectivity index (χ1n) is 6.86. The average Bonchev–Trinajstić information content (AvgIpc) is 3.04. The summed E-state index contributed by atoms with van der Waals surface area (Å²) in [6.07, 6.45) is 0. The van der Waals surface area contributed by atoms with Crippen molar-refractivity contribution in [2.45, 2.75) is 0 Å². The summed E-state index contributed by atoms with van der Waals surface area (Å²) >= 11 is 1.45. The van der Waals surface area contributed by atoms with E-state index >= 15 is 0 Å². The Morgan fingerprint density at radius 3 is 2.35 bits per heavy atom. The van der Waals surface area contributed by atoms with E-state index in [0.29, 0.717) is 11.3 Å². The van der Waals surface area contributed by atoms with E-state index in [1.165, 1.54) is 24.5 Å². The molecule has 0 aliphatic heterocycles. The number of rotatable bonds is 4. The van der Waals surface area contributed by atoms with Crippen LogP contribution in [-0.4, -0.2) is 18.2 Å². The molecule has 3 aromatic rings. The van der Waals surface area contributed by atoms with Gasteiger partial charge in [0.25, 0.3) is 0 Å². The van der Waals surface area contributed by atoms with Gasteiger partial charge in [0, 0.05) is 21.4 Å². The van der Waals surface area contributed by atoms with Crippen molar-refractivity contribution >= 4 is 17.3 Å². The number of halogens is 1. The lowest BCUT2D eigenvalue weighted by Gasteiger charge is -2.03. The summed E-state index contributed by atoms with van der Waals surface area (Å²) in [4.78, 5) is 12.6. The topological polar surface area (TPSA) is 46.5 Å². The summed E-state index contributed by atoms with van der Waals surface area (Å²) in [5.41, 5.74) is 1.66. The number of methoxy groups -OCH3 is 1. The molecule has 0 amide bonds. The van der Waals surface area contributed by atoms with E-state index in [1.807, 2.05) is 12.1 Å². The van der Waals surface area contributed by atoms with Crippen molar-refractivity contribution in [2.24, 2.45) is 0 Å². The Hall–Kier alpha value is -2.66. The molecule has 0 radical (unpaired) electrons. The van der Waals surface area contributed by atoms with Gasteiger partial charge in [-0.25, -0.2) is 9.18 Å². The monoisotopic (exact) mass is 328 g/mol. The van der Waals surface area contributed by atoms with Gasteiger partial charge in [0.15, 0.2) is 0 Å². The van der Waals surface area contributed by atoms with Crippen molar-refractivity contribution in [2.75, 3.05) is 7.11 Å². The van der Waals surface area contributed by atoms with Gasteiger partial charge >= 0.3 is 5.97 Å². The van der Waals surface area contributed by atoms with Crippen LogP contribution >= 0.6 is 11.3 Å². The fourth-order valence-electron chi connectivity index (χ4n) is 2.24. The van der Waals surface area contributed by atoms with Crippen molar-refractivity contribution in [3.8, 4) is 26.6 Å². The van der Waals surface area contributed by atoms with Gasteiger partial charge in [-0.3, -0.25) is 0 Å². The van der Waals surface area contributed by atoms with Gasteiger partial charge in [-0.15, -0.1) is 11.3 Å². The van der Waals surface area contributed by atoms with Crippen LogP contribution in [0.15, 0.2) is 54.6 Å². The predicted octanol–water partition coefficient (Wildman–Crippen LogP) is 4.93. The molecule has 0 atom stereocenters. The third kappa shape index (κ3) is 3.10. The quantitative estimate of drug-likeness (QED) is 0.739. The van der Waals surface area contributed by atoms with Crippen molar-refractivity contribution < 1.29 is 19.0 Å². The maximum atomic E-state index is 14.1. The molecular formula is C18H13FO3S. The number of carboxylic acids is 1.